The first-order valence-electron chi connectivity index (χ1n) is 9.62. The zero-order valence-electron chi connectivity index (χ0n) is 16.7. The lowest BCUT2D eigenvalue weighted by Gasteiger charge is -2.10. The lowest BCUT2D eigenvalue weighted by Crippen LogP contribution is -2.27. The summed E-state index contributed by atoms with van der Waals surface area (Å²) in [6, 6.07) is 9.18. The van der Waals surface area contributed by atoms with Gasteiger partial charge in [0.15, 0.2) is 0 Å². The highest BCUT2D eigenvalue weighted by atomic mass is 32.2. The molecule has 0 atom stereocenters. The molecule has 1 aliphatic rings. The Morgan fingerprint density at radius 2 is 1.90 bits per heavy atom. The predicted molar refractivity (Wildman–Crippen MR) is 113 cm³/mol. The number of hydrogen-bond donors (Lipinski definition) is 1. The standard InChI is InChI=1S/C20H22N4O4S2/c1-13-5-7-15(8-6-13)12-21-30(26,27)17-11-16(29-14(17)2)18-22-19(28-23-18)20(25)24-9-3-4-10-24/h5-8,11,21H,3-4,9-10,12H2,1-2H3. The fourth-order valence-electron chi connectivity index (χ4n) is 3.27. The predicted octanol–water partition coefficient (Wildman–Crippen LogP) is 3.13. The highest BCUT2D eigenvalue weighted by Gasteiger charge is 2.27. The number of thiophene rings is 1. The minimum atomic E-state index is -3.71. The number of rotatable bonds is 6. The number of likely N-dealkylation sites (tertiary alicyclic amines) is 1. The van der Waals surface area contributed by atoms with Crippen LogP contribution in [-0.2, 0) is 16.6 Å². The average Bonchev–Trinajstić information content (AvgIpc) is 3.47. The third kappa shape index (κ3) is 4.30. The smallest absolute Gasteiger partial charge is 0.316 e. The quantitative estimate of drug-likeness (QED) is 0.624. The number of carbonyl (C=O) groups excluding carboxylic acids is 1. The van der Waals surface area contributed by atoms with E-state index in [1.807, 2.05) is 31.2 Å². The van der Waals surface area contributed by atoms with Crippen molar-refractivity contribution in [2.75, 3.05) is 13.1 Å². The highest BCUT2D eigenvalue weighted by molar-refractivity contribution is 7.89. The number of nitrogens with zero attached hydrogens (tertiary/aromatic N) is 3. The Morgan fingerprint density at radius 3 is 2.60 bits per heavy atom. The van der Waals surface area contributed by atoms with Gasteiger partial charge < -0.3 is 9.42 Å². The van der Waals surface area contributed by atoms with Crippen molar-refractivity contribution in [3.63, 3.8) is 0 Å². The fourth-order valence-corrected chi connectivity index (χ4v) is 5.80. The molecule has 1 aliphatic heterocycles. The third-order valence-electron chi connectivity index (χ3n) is 4.97. The van der Waals surface area contributed by atoms with Crippen molar-refractivity contribution in [1.29, 1.82) is 0 Å². The van der Waals surface area contributed by atoms with Gasteiger partial charge in [-0.3, -0.25) is 4.79 Å². The summed E-state index contributed by atoms with van der Waals surface area (Å²) in [7, 11) is -3.71. The summed E-state index contributed by atoms with van der Waals surface area (Å²) in [6.07, 6.45) is 1.93. The average molecular weight is 447 g/mol. The van der Waals surface area contributed by atoms with Crippen LogP contribution in [0.15, 0.2) is 39.8 Å². The number of carbonyl (C=O) groups is 1. The first kappa shape index (κ1) is 20.7. The molecule has 4 rings (SSSR count). The van der Waals surface area contributed by atoms with E-state index in [0.717, 1.165) is 24.0 Å². The van der Waals surface area contributed by atoms with E-state index in [1.54, 1.807) is 11.8 Å². The van der Waals surface area contributed by atoms with Crippen molar-refractivity contribution in [3.05, 3.63) is 52.2 Å². The van der Waals surface area contributed by atoms with Crippen LogP contribution in [0.25, 0.3) is 10.7 Å². The monoisotopic (exact) mass is 446 g/mol. The molecule has 3 heterocycles. The van der Waals surface area contributed by atoms with Gasteiger partial charge in [-0.05, 0) is 38.3 Å². The van der Waals surface area contributed by atoms with Crippen LogP contribution in [0.3, 0.4) is 0 Å². The van der Waals surface area contributed by atoms with Crippen molar-refractivity contribution >= 4 is 27.3 Å². The van der Waals surface area contributed by atoms with E-state index in [2.05, 4.69) is 14.9 Å². The Balaban J connectivity index is 1.51. The molecule has 0 saturated carbocycles. The van der Waals surface area contributed by atoms with Crippen molar-refractivity contribution in [2.24, 2.45) is 0 Å². The van der Waals surface area contributed by atoms with Crippen LogP contribution < -0.4 is 4.72 Å². The molecule has 1 aromatic carbocycles. The Morgan fingerprint density at radius 1 is 1.20 bits per heavy atom. The van der Waals surface area contributed by atoms with Crippen LogP contribution in [0.4, 0.5) is 0 Å². The summed E-state index contributed by atoms with van der Waals surface area (Å²) in [4.78, 5) is 19.6. The molecule has 0 aliphatic carbocycles. The van der Waals surface area contributed by atoms with E-state index in [-0.39, 0.29) is 29.1 Å². The van der Waals surface area contributed by atoms with Gasteiger partial charge >= 0.3 is 11.8 Å². The van der Waals surface area contributed by atoms with E-state index in [9.17, 15) is 13.2 Å². The lowest BCUT2D eigenvalue weighted by molar-refractivity contribution is 0.0743. The summed E-state index contributed by atoms with van der Waals surface area (Å²) >= 11 is 1.25. The summed E-state index contributed by atoms with van der Waals surface area (Å²) in [6.45, 7) is 5.27. The number of benzene rings is 1. The Hall–Kier alpha value is -2.56. The van der Waals surface area contributed by atoms with Gasteiger partial charge in [-0.25, -0.2) is 13.1 Å². The lowest BCUT2D eigenvalue weighted by atomic mass is 10.2. The zero-order valence-corrected chi connectivity index (χ0v) is 18.3. The van der Waals surface area contributed by atoms with Crippen molar-refractivity contribution in [2.45, 2.75) is 38.1 Å². The third-order valence-corrected chi connectivity index (χ3v) is 7.67. The van der Waals surface area contributed by atoms with Gasteiger partial charge in [0, 0.05) is 24.5 Å². The Bertz CT molecular complexity index is 1160. The molecular weight excluding hydrogens is 424 g/mol. The second kappa shape index (κ2) is 8.29. The first-order chi connectivity index (χ1) is 14.3. The van der Waals surface area contributed by atoms with Crippen LogP contribution in [0.2, 0.25) is 0 Å². The summed E-state index contributed by atoms with van der Waals surface area (Å²) < 4.78 is 33.4. The summed E-state index contributed by atoms with van der Waals surface area (Å²) in [5.41, 5.74) is 1.99. The van der Waals surface area contributed by atoms with Gasteiger partial charge in [-0.2, -0.15) is 4.98 Å². The fraction of sp³-hybridized carbons (Fsp3) is 0.350. The maximum absolute atomic E-state index is 12.8. The Labute approximate surface area is 179 Å². The van der Waals surface area contributed by atoms with E-state index < -0.39 is 10.0 Å². The van der Waals surface area contributed by atoms with Crippen LogP contribution >= 0.6 is 11.3 Å². The topological polar surface area (TPSA) is 105 Å². The van der Waals surface area contributed by atoms with Crippen molar-refractivity contribution in [3.8, 4) is 10.7 Å². The molecule has 30 heavy (non-hydrogen) atoms. The molecule has 158 valence electrons. The van der Waals surface area contributed by atoms with Crippen LogP contribution in [-0.4, -0.2) is 42.5 Å². The molecule has 0 radical (unpaired) electrons. The number of aryl methyl sites for hydroxylation is 2. The SMILES string of the molecule is Cc1ccc(CNS(=O)(=O)c2cc(-c3noc(C(=O)N4CCCC4)n3)sc2C)cc1. The number of aromatic nitrogens is 2. The zero-order chi connectivity index (χ0) is 21.3. The molecule has 1 N–H and O–H groups in total. The van der Waals surface area contributed by atoms with Gasteiger partial charge in [0.05, 0.1) is 9.77 Å². The molecule has 1 fully saturated rings. The molecular formula is C20H22N4O4S2. The van der Waals surface area contributed by atoms with Gasteiger partial charge in [0.25, 0.3) is 0 Å². The van der Waals surface area contributed by atoms with Crippen LogP contribution in [0, 0.1) is 13.8 Å². The van der Waals surface area contributed by atoms with E-state index >= 15 is 0 Å². The molecule has 0 unspecified atom stereocenters. The van der Waals surface area contributed by atoms with Crippen LogP contribution in [0.5, 0.6) is 0 Å². The number of nitrogens with one attached hydrogen (secondary N) is 1. The molecule has 8 nitrogen and oxygen atoms in total. The number of sulfonamides is 1. The highest BCUT2D eigenvalue weighted by Crippen LogP contribution is 2.32. The molecule has 10 heteroatoms. The maximum Gasteiger partial charge on any atom is 0.316 e. The minimum absolute atomic E-state index is 0.0696. The van der Waals surface area contributed by atoms with E-state index in [4.69, 9.17) is 4.52 Å². The van der Waals surface area contributed by atoms with Gasteiger partial charge in [0.2, 0.25) is 15.8 Å². The first-order valence-corrected chi connectivity index (χ1v) is 11.9. The number of amides is 1. The van der Waals surface area contributed by atoms with E-state index in [1.165, 1.54) is 17.4 Å². The van der Waals surface area contributed by atoms with E-state index in [0.29, 0.717) is 22.8 Å². The molecule has 0 bridgehead atoms. The van der Waals surface area contributed by atoms with Gasteiger partial charge in [-0.1, -0.05) is 35.0 Å². The van der Waals surface area contributed by atoms with Crippen molar-refractivity contribution in [1.82, 2.24) is 19.8 Å². The molecule has 0 spiro atoms. The Kier molecular flexibility index (Phi) is 5.72. The molecule has 2 aromatic heterocycles. The maximum atomic E-state index is 12.8. The second-order valence-electron chi connectivity index (χ2n) is 7.26. The largest absolute Gasteiger partial charge is 0.334 e. The van der Waals surface area contributed by atoms with Crippen LogP contribution in [0.1, 0.15) is 39.5 Å². The number of hydrogen-bond acceptors (Lipinski definition) is 7. The second-order valence-corrected chi connectivity index (χ2v) is 10.3. The summed E-state index contributed by atoms with van der Waals surface area (Å²) in [5, 5.41) is 3.88. The van der Waals surface area contributed by atoms with Gasteiger partial charge in [0.1, 0.15) is 0 Å². The summed E-state index contributed by atoms with van der Waals surface area (Å²) in [5.74, 6) is -0.141. The molecule has 3 aromatic rings. The normalized spacial score (nSPS) is 14.4. The molecule has 1 saturated heterocycles. The van der Waals surface area contributed by atoms with Crippen molar-refractivity contribution < 1.29 is 17.7 Å². The minimum Gasteiger partial charge on any atom is -0.334 e. The van der Waals surface area contributed by atoms with Gasteiger partial charge in [-0.15, -0.1) is 11.3 Å². The molecule has 1 amide bonds.